The van der Waals surface area contributed by atoms with Gasteiger partial charge in [-0.05, 0) is 67.9 Å². The first-order chi connectivity index (χ1) is 11.6. The summed E-state index contributed by atoms with van der Waals surface area (Å²) in [6, 6.07) is 6.76. The highest BCUT2D eigenvalue weighted by atomic mass is 14.9. The second-order valence-corrected chi connectivity index (χ2v) is 7.15. The van der Waals surface area contributed by atoms with Gasteiger partial charge in [0.1, 0.15) is 0 Å². The molecule has 126 valence electrons. The highest BCUT2D eigenvalue weighted by Gasteiger charge is 2.58. The average molecular weight is 319 g/mol. The van der Waals surface area contributed by atoms with Gasteiger partial charge in [0.05, 0.1) is 0 Å². The van der Waals surface area contributed by atoms with Crippen LogP contribution in [0.2, 0.25) is 0 Å². The Morgan fingerprint density at radius 2 is 2.12 bits per heavy atom. The molecule has 0 aliphatic heterocycles. The van der Waals surface area contributed by atoms with Crippen molar-refractivity contribution in [3.8, 4) is 0 Å². The van der Waals surface area contributed by atoms with Gasteiger partial charge >= 0.3 is 0 Å². The average Bonchev–Trinajstić information content (AvgIpc) is 3.17. The molecule has 0 spiro atoms. The maximum absolute atomic E-state index is 4.02. The maximum Gasteiger partial charge on any atom is 0.0384 e. The molecule has 0 heterocycles. The van der Waals surface area contributed by atoms with Crippen LogP contribution in [-0.4, -0.2) is 0 Å². The molecule has 3 atom stereocenters. The third-order valence-corrected chi connectivity index (χ3v) is 5.43. The van der Waals surface area contributed by atoms with Crippen LogP contribution in [0.4, 0.5) is 5.69 Å². The Bertz CT molecular complexity index is 732. The molecule has 0 bridgehead atoms. The third-order valence-electron chi connectivity index (χ3n) is 5.43. The zero-order valence-corrected chi connectivity index (χ0v) is 15.4. The van der Waals surface area contributed by atoms with Gasteiger partial charge in [0.15, 0.2) is 0 Å². The molecule has 2 aliphatic carbocycles. The normalized spacial score (nSPS) is 25.5. The van der Waals surface area contributed by atoms with Gasteiger partial charge in [-0.3, -0.25) is 0 Å². The summed E-state index contributed by atoms with van der Waals surface area (Å²) >= 11 is 0. The topological polar surface area (TPSA) is 12.0 Å². The fraction of sp³-hybridized carbons (Fsp3) is 0.391. The van der Waals surface area contributed by atoms with Crippen LogP contribution in [0.3, 0.4) is 0 Å². The number of benzene rings is 1. The molecule has 1 fully saturated rings. The first-order valence-electron chi connectivity index (χ1n) is 9.14. The minimum Gasteiger partial charge on any atom is -0.359 e. The Morgan fingerprint density at radius 1 is 1.33 bits per heavy atom. The van der Waals surface area contributed by atoms with E-state index in [-0.39, 0.29) is 0 Å². The lowest BCUT2D eigenvalue weighted by molar-refractivity contribution is 0.829. The number of aryl methyl sites for hydroxylation is 2. The number of allylic oxidation sites excluding steroid dienone is 7. The molecule has 0 radical (unpaired) electrons. The van der Waals surface area contributed by atoms with E-state index in [4.69, 9.17) is 0 Å². The number of anilines is 1. The second kappa shape index (κ2) is 6.84. The zero-order valence-electron chi connectivity index (χ0n) is 15.4. The second-order valence-electron chi connectivity index (χ2n) is 7.15. The molecule has 24 heavy (non-hydrogen) atoms. The van der Waals surface area contributed by atoms with Crippen molar-refractivity contribution < 1.29 is 0 Å². The maximum atomic E-state index is 4.02. The Labute approximate surface area is 146 Å². The van der Waals surface area contributed by atoms with E-state index in [2.05, 4.69) is 76.0 Å². The fourth-order valence-corrected chi connectivity index (χ4v) is 3.79. The van der Waals surface area contributed by atoms with E-state index in [9.17, 15) is 0 Å². The molecule has 1 saturated carbocycles. The van der Waals surface area contributed by atoms with Crippen LogP contribution in [0.15, 0.2) is 65.9 Å². The van der Waals surface area contributed by atoms with Crippen LogP contribution in [0.5, 0.6) is 0 Å². The predicted octanol–water partition coefficient (Wildman–Crippen LogP) is 6.20. The molecule has 0 amide bonds. The molecule has 2 aliphatic rings. The van der Waals surface area contributed by atoms with Crippen molar-refractivity contribution in [3.63, 3.8) is 0 Å². The van der Waals surface area contributed by atoms with Crippen molar-refractivity contribution in [3.05, 3.63) is 77.1 Å². The number of hydrogen-bond acceptors (Lipinski definition) is 1. The van der Waals surface area contributed by atoms with Crippen molar-refractivity contribution in [1.82, 2.24) is 0 Å². The molecule has 0 saturated heterocycles. The van der Waals surface area contributed by atoms with Crippen LogP contribution >= 0.6 is 0 Å². The molecule has 0 aromatic heterocycles. The summed E-state index contributed by atoms with van der Waals surface area (Å²) in [7, 11) is 0. The summed E-state index contributed by atoms with van der Waals surface area (Å²) in [5, 5.41) is 3.66. The van der Waals surface area contributed by atoms with E-state index in [1.807, 2.05) is 6.08 Å². The molecule has 1 nitrogen and oxygen atoms in total. The predicted molar refractivity (Wildman–Crippen MR) is 105 cm³/mol. The fourth-order valence-electron chi connectivity index (χ4n) is 3.79. The zero-order chi connectivity index (χ0) is 17.3. The molecule has 1 heteroatoms. The van der Waals surface area contributed by atoms with Gasteiger partial charge in [0.2, 0.25) is 0 Å². The van der Waals surface area contributed by atoms with Crippen molar-refractivity contribution >= 4 is 5.69 Å². The van der Waals surface area contributed by atoms with Gasteiger partial charge in [0.25, 0.3) is 0 Å². The lowest BCUT2D eigenvalue weighted by Gasteiger charge is -2.17. The summed E-state index contributed by atoms with van der Waals surface area (Å²) < 4.78 is 0. The third kappa shape index (κ3) is 3.13. The first-order valence-corrected chi connectivity index (χ1v) is 9.14. The van der Waals surface area contributed by atoms with E-state index >= 15 is 0 Å². The Balaban J connectivity index is 1.67. The summed E-state index contributed by atoms with van der Waals surface area (Å²) in [5.41, 5.74) is 8.17. The minimum absolute atomic E-state index is 0.625. The van der Waals surface area contributed by atoms with Gasteiger partial charge in [0, 0.05) is 17.3 Å². The highest BCUT2D eigenvalue weighted by Crippen LogP contribution is 2.63. The van der Waals surface area contributed by atoms with Crippen molar-refractivity contribution in [2.24, 2.45) is 17.8 Å². The Hall–Kier alpha value is -2.02. The number of fused-ring (bicyclic) bond motifs is 1. The van der Waals surface area contributed by atoms with Crippen LogP contribution in [0.1, 0.15) is 38.3 Å². The van der Waals surface area contributed by atoms with Crippen molar-refractivity contribution in [1.29, 1.82) is 0 Å². The highest BCUT2D eigenvalue weighted by molar-refractivity contribution is 5.58. The monoisotopic (exact) mass is 319 g/mol. The van der Waals surface area contributed by atoms with E-state index in [0.717, 1.165) is 6.42 Å². The van der Waals surface area contributed by atoms with Crippen LogP contribution in [0.25, 0.3) is 0 Å². The lowest BCUT2D eigenvalue weighted by Crippen LogP contribution is -2.09. The lowest BCUT2D eigenvalue weighted by atomic mass is 10.0. The summed E-state index contributed by atoms with van der Waals surface area (Å²) in [6.45, 7) is 12.7. The summed E-state index contributed by atoms with van der Waals surface area (Å²) in [6.07, 6.45) is 11.2. The Morgan fingerprint density at radius 3 is 2.79 bits per heavy atom. The molecule has 1 N–H and O–H groups in total. The molecule has 3 rings (SSSR count). The molecule has 1 aromatic rings. The SMILES string of the molecule is C=C/C(=C\C(C)=C/C)C1C2C=C(Nc3ccc(C)c(CCC)c3)C21. The Kier molecular flexibility index (Phi) is 4.80. The summed E-state index contributed by atoms with van der Waals surface area (Å²) in [4.78, 5) is 0. The quantitative estimate of drug-likeness (QED) is 0.590. The largest absolute Gasteiger partial charge is 0.359 e. The van der Waals surface area contributed by atoms with E-state index in [1.165, 1.54) is 40.1 Å². The first kappa shape index (κ1) is 16.8. The standard InChI is InChI=1S/C23H29N/c1-6-9-18-13-19(11-10-16(18)5)24-21-14-20-22(23(20)21)17(8-3)12-15(4)7-2/h7-8,10-14,20,22-24H,3,6,9H2,1-2,4-5H3/b15-7-,17-12+. The van der Waals surface area contributed by atoms with Crippen molar-refractivity contribution in [2.45, 2.75) is 40.5 Å². The number of hydrogen-bond donors (Lipinski definition) is 1. The summed E-state index contributed by atoms with van der Waals surface area (Å²) in [5.74, 6) is 2.00. The number of rotatable bonds is 7. The van der Waals surface area contributed by atoms with Gasteiger partial charge < -0.3 is 5.32 Å². The minimum atomic E-state index is 0.625. The van der Waals surface area contributed by atoms with Gasteiger partial charge in [-0.15, -0.1) is 0 Å². The van der Waals surface area contributed by atoms with Gasteiger partial charge in [-0.1, -0.05) is 55.9 Å². The van der Waals surface area contributed by atoms with E-state index < -0.39 is 0 Å². The molecule has 1 aromatic carbocycles. The van der Waals surface area contributed by atoms with Crippen LogP contribution in [0, 0.1) is 24.7 Å². The van der Waals surface area contributed by atoms with E-state index in [1.54, 1.807) is 0 Å². The van der Waals surface area contributed by atoms with Crippen molar-refractivity contribution in [2.75, 3.05) is 5.32 Å². The molecule has 3 unspecified atom stereocenters. The van der Waals surface area contributed by atoms with Gasteiger partial charge in [-0.25, -0.2) is 0 Å². The van der Waals surface area contributed by atoms with Crippen LogP contribution < -0.4 is 5.32 Å². The molecular weight excluding hydrogens is 290 g/mol. The number of nitrogens with one attached hydrogen (secondary N) is 1. The molecular formula is C23H29N. The smallest absolute Gasteiger partial charge is 0.0384 e. The van der Waals surface area contributed by atoms with Gasteiger partial charge in [-0.2, -0.15) is 0 Å². The van der Waals surface area contributed by atoms with Crippen LogP contribution in [-0.2, 0) is 6.42 Å². The van der Waals surface area contributed by atoms with E-state index in [0.29, 0.717) is 17.8 Å².